The number of hydrogen-bond donors (Lipinski definition) is 0. The number of rotatable bonds is 5. The van der Waals surface area contributed by atoms with Gasteiger partial charge in [0.2, 0.25) is 0 Å². The van der Waals surface area contributed by atoms with Crippen LogP contribution in [0.1, 0.15) is 11.1 Å². The molecule has 0 spiro atoms. The highest BCUT2D eigenvalue weighted by Crippen LogP contribution is 2.36. The predicted molar refractivity (Wildman–Crippen MR) is 121 cm³/mol. The number of benzene rings is 5. The lowest BCUT2D eigenvalue weighted by Gasteiger charge is -2.12. The van der Waals surface area contributed by atoms with Gasteiger partial charge in [0, 0.05) is 0 Å². The van der Waals surface area contributed by atoms with E-state index >= 15 is 0 Å². The van der Waals surface area contributed by atoms with E-state index in [-0.39, 0.29) is 0 Å². The van der Waals surface area contributed by atoms with E-state index in [1.165, 1.54) is 37.9 Å². The quantitative estimate of drug-likeness (QED) is 0.181. The molecule has 0 aliphatic rings. The van der Waals surface area contributed by atoms with E-state index in [4.69, 9.17) is 4.74 Å². The van der Waals surface area contributed by atoms with Gasteiger partial charge in [0.25, 0.3) is 0 Å². The van der Waals surface area contributed by atoms with Crippen LogP contribution in [0.4, 0.5) is 0 Å². The lowest BCUT2D eigenvalue weighted by Crippen LogP contribution is -1.91. The summed E-state index contributed by atoms with van der Waals surface area (Å²) in [6, 6.07) is 28.0. The molecule has 1 heteroatoms. The molecule has 0 N–H and O–H groups in total. The van der Waals surface area contributed by atoms with Crippen molar-refractivity contribution in [3.05, 3.63) is 103 Å². The molecule has 0 aliphatic heterocycles. The van der Waals surface area contributed by atoms with Gasteiger partial charge in [0.05, 0.1) is 0 Å². The van der Waals surface area contributed by atoms with Gasteiger partial charge in [-0.1, -0.05) is 91.5 Å². The molecule has 0 aliphatic carbocycles. The second-order valence-electron chi connectivity index (χ2n) is 7.01. The smallest absolute Gasteiger partial charge is 0.119 e. The maximum absolute atomic E-state index is 5.55. The van der Waals surface area contributed by atoms with Gasteiger partial charge in [-0.15, -0.1) is 0 Å². The van der Waals surface area contributed by atoms with Crippen LogP contribution in [-0.2, 0) is 0 Å². The molecule has 0 heterocycles. The fourth-order valence-electron chi connectivity index (χ4n) is 3.92. The summed E-state index contributed by atoms with van der Waals surface area (Å²) >= 11 is 0. The molecular formula is C27H20O. The molecule has 0 unspecified atom stereocenters. The Labute approximate surface area is 164 Å². The Morgan fingerprint density at radius 2 is 1.36 bits per heavy atom. The Bertz CT molecular complexity index is 1290. The van der Waals surface area contributed by atoms with Crippen molar-refractivity contribution >= 4 is 44.5 Å². The van der Waals surface area contributed by atoms with Crippen LogP contribution < -0.4 is 4.74 Å². The summed E-state index contributed by atoms with van der Waals surface area (Å²) in [7, 11) is 0. The minimum Gasteiger partial charge on any atom is -0.490 e. The molecule has 0 radical (unpaired) electrons. The van der Waals surface area contributed by atoms with Crippen molar-refractivity contribution in [3.8, 4) is 5.75 Å². The molecule has 5 aromatic carbocycles. The van der Waals surface area contributed by atoms with Crippen molar-refractivity contribution in [2.75, 3.05) is 6.61 Å². The molecule has 0 saturated heterocycles. The van der Waals surface area contributed by atoms with Gasteiger partial charge < -0.3 is 4.74 Å². The monoisotopic (exact) mass is 360 g/mol. The first-order valence-electron chi connectivity index (χ1n) is 9.52. The Kier molecular flexibility index (Phi) is 4.06. The Morgan fingerprint density at radius 3 is 2.11 bits per heavy atom. The molecule has 28 heavy (non-hydrogen) atoms. The third-order valence-corrected chi connectivity index (χ3v) is 5.27. The first-order valence-corrected chi connectivity index (χ1v) is 9.52. The maximum atomic E-state index is 5.55. The molecule has 0 saturated carbocycles. The lowest BCUT2D eigenvalue weighted by molar-refractivity contribution is 0.363. The van der Waals surface area contributed by atoms with Crippen molar-refractivity contribution < 1.29 is 4.74 Å². The van der Waals surface area contributed by atoms with E-state index in [0.29, 0.717) is 6.61 Å². The third kappa shape index (κ3) is 2.82. The maximum Gasteiger partial charge on any atom is 0.119 e. The van der Waals surface area contributed by atoms with Crippen LogP contribution in [0.25, 0.3) is 44.5 Å². The van der Waals surface area contributed by atoms with Crippen LogP contribution in [0.3, 0.4) is 0 Å². The fraction of sp³-hybridized carbons (Fsp3) is 0.0370. The number of ether oxygens (including phenoxy) is 1. The largest absolute Gasteiger partial charge is 0.490 e. The van der Waals surface area contributed by atoms with Gasteiger partial charge in [-0.25, -0.2) is 0 Å². The summed E-state index contributed by atoms with van der Waals surface area (Å²) in [6.45, 7) is 4.20. The molecule has 0 aromatic heterocycles. The summed E-state index contributed by atoms with van der Waals surface area (Å²) in [6.07, 6.45) is 6.11. The van der Waals surface area contributed by atoms with E-state index in [0.717, 1.165) is 11.3 Å². The van der Waals surface area contributed by atoms with Gasteiger partial charge in [-0.05, 0) is 55.6 Å². The van der Waals surface area contributed by atoms with E-state index in [9.17, 15) is 0 Å². The summed E-state index contributed by atoms with van der Waals surface area (Å²) in [4.78, 5) is 0. The van der Waals surface area contributed by atoms with Gasteiger partial charge in [-0.3, -0.25) is 0 Å². The van der Waals surface area contributed by atoms with E-state index in [2.05, 4.69) is 85.5 Å². The highest BCUT2D eigenvalue weighted by Gasteiger charge is 2.09. The minimum absolute atomic E-state index is 0.526. The standard InChI is InChI=1S/C27H20O/c1-2-18-28-24-15-7-19(8-16-24)6-9-20-10-11-23-13-12-21-4-3-5-22-14-17-25(20)27(23)26(21)22/h2-17H,1,18H2. The van der Waals surface area contributed by atoms with Crippen molar-refractivity contribution in [3.63, 3.8) is 0 Å². The summed E-state index contributed by atoms with van der Waals surface area (Å²) in [5.41, 5.74) is 2.38. The number of hydrogen-bond acceptors (Lipinski definition) is 1. The zero-order valence-electron chi connectivity index (χ0n) is 15.6. The molecule has 0 fully saturated rings. The van der Waals surface area contributed by atoms with E-state index < -0.39 is 0 Å². The van der Waals surface area contributed by atoms with Crippen LogP contribution in [0, 0.1) is 0 Å². The van der Waals surface area contributed by atoms with Crippen LogP contribution in [0.15, 0.2) is 91.5 Å². The van der Waals surface area contributed by atoms with E-state index in [1.807, 2.05) is 12.1 Å². The first kappa shape index (κ1) is 16.6. The van der Waals surface area contributed by atoms with Crippen molar-refractivity contribution in [2.45, 2.75) is 0 Å². The van der Waals surface area contributed by atoms with Crippen LogP contribution in [0.5, 0.6) is 5.75 Å². The second-order valence-corrected chi connectivity index (χ2v) is 7.01. The van der Waals surface area contributed by atoms with Gasteiger partial charge in [0.15, 0.2) is 0 Å². The molecular weight excluding hydrogens is 340 g/mol. The van der Waals surface area contributed by atoms with Crippen LogP contribution in [-0.4, -0.2) is 6.61 Å². The minimum atomic E-state index is 0.526. The molecule has 5 rings (SSSR count). The van der Waals surface area contributed by atoms with E-state index in [1.54, 1.807) is 6.08 Å². The van der Waals surface area contributed by atoms with Crippen LogP contribution in [0.2, 0.25) is 0 Å². The summed E-state index contributed by atoms with van der Waals surface area (Å²) in [5.74, 6) is 0.861. The average molecular weight is 360 g/mol. The predicted octanol–water partition coefficient (Wildman–Crippen LogP) is 7.32. The van der Waals surface area contributed by atoms with Crippen molar-refractivity contribution in [1.29, 1.82) is 0 Å². The molecule has 0 amide bonds. The Balaban J connectivity index is 1.57. The van der Waals surface area contributed by atoms with Gasteiger partial charge in [-0.2, -0.15) is 0 Å². The zero-order chi connectivity index (χ0) is 18.9. The average Bonchev–Trinajstić information content (AvgIpc) is 2.76. The molecule has 1 nitrogen and oxygen atoms in total. The highest BCUT2D eigenvalue weighted by atomic mass is 16.5. The van der Waals surface area contributed by atoms with Crippen LogP contribution >= 0.6 is 0 Å². The molecule has 0 bridgehead atoms. The first-order chi connectivity index (χ1) is 13.8. The second kappa shape index (κ2) is 6.86. The zero-order valence-corrected chi connectivity index (χ0v) is 15.6. The van der Waals surface area contributed by atoms with Crippen molar-refractivity contribution in [2.24, 2.45) is 0 Å². The SMILES string of the molecule is C=CCOc1ccc(C=Cc2ccc3ccc4cccc5ccc2c3c45)cc1. The Morgan fingerprint density at radius 1 is 0.679 bits per heavy atom. The molecule has 134 valence electrons. The summed E-state index contributed by atoms with van der Waals surface area (Å²) in [5, 5.41) is 7.89. The van der Waals surface area contributed by atoms with Crippen molar-refractivity contribution in [1.82, 2.24) is 0 Å². The topological polar surface area (TPSA) is 9.23 Å². The molecule has 5 aromatic rings. The van der Waals surface area contributed by atoms with Gasteiger partial charge >= 0.3 is 0 Å². The Hall–Kier alpha value is -3.58. The molecule has 0 atom stereocenters. The fourth-order valence-corrected chi connectivity index (χ4v) is 3.92. The highest BCUT2D eigenvalue weighted by molar-refractivity contribution is 6.24. The summed E-state index contributed by atoms with van der Waals surface area (Å²) < 4.78 is 5.55. The normalized spacial score (nSPS) is 11.7. The lowest BCUT2D eigenvalue weighted by atomic mass is 9.92. The third-order valence-electron chi connectivity index (χ3n) is 5.27. The van der Waals surface area contributed by atoms with Gasteiger partial charge in [0.1, 0.15) is 12.4 Å².